The van der Waals surface area contributed by atoms with Gasteiger partial charge in [0.05, 0.1) is 0 Å². The molecule has 292 valence electrons. The van der Waals surface area contributed by atoms with Gasteiger partial charge in [0.25, 0.3) is 0 Å². The van der Waals surface area contributed by atoms with E-state index >= 15 is 0 Å². The van der Waals surface area contributed by atoms with Crippen LogP contribution in [0.2, 0.25) is 0 Å². The Morgan fingerprint density at radius 1 is 0.226 bits per heavy atom. The van der Waals surface area contributed by atoms with E-state index in [4.69, 9.17) is 4.74 Å². The zero-order chi connectivity index (χ0) is 41.2. The molecule has 0 aromatic heterocycles. The van der Waals surface area contributed by atoms with E-state index in [0.29, 0.717) is 0 Å². The Balaban J connectivity index is 0.991. The Morgan fingerprint density at radius 2 is 0.661 bits per heavy atom. The monoisotopic (exact) mass is 791 g/mol. The van der Waals surface area contributed by atoms with Crippen molar-refractivity contribution in [2.45, 2.75) is 0 Å². The highest BCUT2D eigenvalue weighted by atomic mass is 16.5. The largest absolute Gasteiger partial charge is 0.456 e. The van der Waals surface area contributed by atoms with Crippen LogP contribution in [0.15, 0.2) is 249 Å². The lowest BCUT2D eigenvalue weighted by molar-refractivity contribution is 0.488. The van der Waals surface area contributed by atoms with Crippen molar-refractivity contribution in [2.24, 2.45) is 0 Å². The minimum atomic E-state index is 0.835. The van der Waals surface area contributed by atoms with Crippen LogP contribution in [0, 0.1) is 0 Å². The fraction of sp³-hybridized carbons (Fsp3) is 0. The molecule has 0 unspecified atom stereocenters. The van der Waals surface area contributed by atoms with Gasteiger partial charge < -0.3 is 9.64 Å². The molecule has 62 heavy (non-hydrogen) atoms. The number of hydrogen-bond donors (Lipinski definition) is 0. The van der Waals surface area contributed by atoms with E-state index in [9.17, 15) is 0 Å². The van der Waals surface area contributed by atoms with E-state index in [1.54, 1.807) is 0 Å². The van der Waals surface area contributed by atoms with Crippen LogP contribution in [0.4, 0.5) is 17.1 Å². The predicted molar refractivity (Wildman–Crippen MR) is 259 cm³/mol. The first-order chi connectivity index (χ1) is 30.7. The first-order valence-corrected chi connectivity index (χ1v) is 21.2. The average molecular weight is 792 g/mol. The second-order valence-corrected chi connectivity index (χ2v) is 15.7. The molecule has 2 heteroatoms. The summed E-state index contributed by atoms with van der Waals surface area (Å²) in [7, 11) is 0. The fourth-order valence-corrected chi connectivity index (χ4v) is 8.81. The van der Waals surface area contributed by atoms with Crippen LogP contribution >= 0.6 is 0 Å². The average Bonchev–Trinajstić information content (AvgIpc) is 3.49. The molecule has 0 saturated heterocycles. The Morgan fingerprint density at radius 3 is 1.26 bits per heavy atom. The highest BCUT2D eigenvalue weighted by Crippen LogP contribution is 2.52. The molecule has 11 rings (SSSR count). The van der Waals surface area contributed by atoms with Crippen LogP contribution < -0.4 is 9.64 Å². The number of anilines is 3. The van der Waals surface area contributed by atoms with E-state index in [-0.39, 0.29) is 0 Å². The van der Waals surface area contributed by atoms with Gasteiger partial charge in [0.15, 0.2) is 0 Å². The van der Waals surface area contributed by atoms with Gasteiger partial charge in [0, 0.05) is 28.2 Å². The van der Waals surface area contributed by atoms with Crippen LogP contribution in [-0.4, -0.2) is 0 Å². The first-order valence-electron chi connectivity index (χ1n) is 21.2. The van der Waals surface area contributed by atoms with Gasteiger partial charge in [0.2, 0.25) is 0 Å². The summed E-state index contributed by atoms with van der Waals surface area (Å²) in [5, 5.41) is 0. The van der Waals surface area contributed by atoms with Gasteiger partial charge in [0.1, 0.15) is 11.5 Å². The molecule has 0 spiro atoms. The molecule has 10 aromatic carbocycles. The van der Waals surface area contributed by atoms with Crippen molar-refractivity contribution < 1.29 is 4.74 Å². The summed E-state index contributed by atoms with van der Waals surface area (Å²) in [5.74, 6) is 1.68. The van der Waals surface area contributed by atoms with Crippen molar-refractivity contribution in [1.29, 1.82) is 0 Å². The highest BCUT2D eigenvalue weighted by molar-refractivity contribution is 5.99. The summed E-state index contributed by atoms with van der Waals surface area (Å²) in [6.45, 7) is 0. The van der Waals surface area contributed by atoms with Crippen LogP contribution in [0.25, 0.3) is 77.9 Å². The zero-order valence-corrected chi connectivity index (χ0v) is 34.0. The van der Waals surface area contributed by atoms with Gasteiger partial charge in [-0.2, -0.15) is 0 Å². The molecule has 2 nitrogen and oxygen atoms in total. The van der Waals surface area contributed by atoms with Crippen molar-refractivity contribution in [1.82, 2.24) is 0 Å². The smallest absolute Gasteiger partial charge is 0.135 e. The van der Waals surface area contributed by atoms with E-state index in [2.05, 4.69) is 254 Å². The number of fused-ring (bicyclic) bond motifs is 5. The molecule has 0 radical (unpaired) electrons. The topological polar surface area (TPSA) is 12.5 Å². The van der Waals surface area contributed by atoms with Crippen molar-refractivity contribution in [2.75, 3.05) is 4.90 Å². The molecule has 0 bridgehead atoms. The molecule has 10 aromatic rings. The minimum absolute atomic E-state index is 0.835. The molecular weight excluding hydrogens is 751 g/mol. The molecule has 0 N–H and O–H groups in total. The third-order valence-electron chi connectivity index (χ3n) is 11.9. The van der Waals surface area contributed by atoms with Gasteiger partial charge in [-0.1, -0.05) is 188 Å². The summed E-state index contributed by atoms with van der Waals surface area (Å²) in [6, 6.07) is 88.8. The maximum Gasteiger partial charge on any atom is 0.135 e. The summed E-state index contributed by atoms with van der Waals surface area (Å²) in [6.07, 6.45) is 0. The molecule has 0 aliphatic carbocycles. The van der Waals surface area contributed by atoms with Gasteiger partial charge >= 0.3 is 0 Å². The lowest BCUT2D eigenvalue weighted by atomic mass is 9.87. The maximum atomic E-state index is 7.01. The second-order valence-electron chi connectivity index (χ2n) is 15.7. The van der Waals surface area contributed by atoms with Gasteiger partial charge in [-0.3, -0.25) is 0 Å². The molecule has 0 saturated carbocycles. The second kappa shape index (κ2) is 16.1. The van der Waals surface area contributed by atoms with Crippen LogP contribution in [0.3, 0.4) is 0 Å². The maximum absolute atomic E-state index is 7.01. The number of ether oxygens (including phenoxy) is 1. The lowest BCUT2D eigenvalue weighted by Crippen LogP contribution is -2.10. The SMILES string of the molecule is c1ccc(-c2ccc(N(c3ccc(-c4ccc5c(c4)Oc4cccc(-c6ccccc6)c4-c4cc(-c6ccccc6)ccc4-5)cc3)c3cccc(-c4ccccc4)c3)cc2)cc1. The normalized spacial score (nSPS) is 11.4. The van der Waals surface area contributed by atoms with Crippen molar-refractivity contribution >= 4 is 17.1 Å². The van der Waals surface area contributed by atoms with Crippen molar-refractivity contribution in [3.8, 4) is 89.4 Å². The summed E-state index contributed by atoms with van der Waals surface area (Å²) >= 11 is 0. The standard InChI is InChI=1S/C60H41NO/c1-5-15-42(16-6-1)45-27-33-51(34-28-45)61(53-24-13-23-48(39-53)43-17-7-2-8-18-43)52-35-29-46(30-36-52)50-32-38-56-55-37-31-49(44-19-9-3-10-20-44)40-57(55)60-54(47-21-11-4-12-22-47)25-14-26-58(60)62-59(56)41-50/h1-41H. The molecule has 0 atom stereocenters. The lowest BCUT2D eigenvalue weighted by Gasteiger charge is -2.26. The zero-order valence-electron chi connectivity index (χ0n) is 34.0. The number of rotatable bonds is 8. The van der Waals surface area contributed by atoms with Gasteiger partial charge in [-0.05, 0) is 127 Å². The van der Waals surface area contributed by atoms with E-state index in [0.717, 1.165) is 73.1 Å². The number of nitrogens with zero attached hydrogens (tertiary/aromatic N) is 1. The quantitative estimate of drug-likeness (QED) is 0.152. The van der Waals surface area contributed by atoms with Crippen LogP contribution in [0.5, 0.6) is 11.5 Å². The molecule has 1 heterocycles. The predicted octanol–water partition coefficient (Wildman–Crippen LogP) is 16.9. The van der Waals surface area contributed by atoms with Gasteiger partial charge in [-0.15, -0.1) is 0 Å². The number of hydrogen-bond acceptors (Lipinski definition) is 2. The van der Waals surface area contributed by atoms with Gasteiger partial charge in [-0.25, -0.2) is 0 Å². The Hall–Kier alpha value is -8.20. The van der Waals surface area contributed by atoms with E-state index in [1.807, 2.05) is 0 Å². The summed E-state index contributed by atoms with van der Waals surface area (Å²) in [4.78, 5) is 2.34. The van der Waals surface area contributed by atoms with Crippen molar-refractivity contribution in [3.05, 3.63) is 249 Å². The van der Waals surface area contributed by atoms with Crippen LogP contribution in [-0.2, 0) is 0 Å². The third-order valence-corrected chi connectivity index (χ3v) is 11.9. The highest BCUT2D eigenvalue weighted by Gasteiger charge is 2.25. The molecule has 0 amide bonds. The summed E-state index contributed by atoms with van der Waals surface area (Å²) in [5.41, 5.74) is 19.3. The van der Waals surface area contributed by atoms with E-state index < -0.39 is 0 Å². The minimum Gasteiger partial charge on any atom is -0.456 e. The Kier molecular flexibility index (Phi) is 9.57. The molecule has 1 aliphatic rings. The number of benzene rings is 10. The van der Waals surface area contributed by atoms with E-state index in [1.165, 1.54) is 33.4 Å². The first kappa shape index (κ1) is 36.8. The Labute approximate surface area is 363 Å². The van der Waals surface area contributed by atoms with Crippen molar-refractivity contribution in [3.63, 3.8) is 0 Å². The molecule has 1 aliphatic heterocycles. The fourth-order valence-electron chi connectivity index (χ4n) is 8.81. The van der Waals surface area contributed by atoms with Crippen LogP contribution in [0.1, 0.15) is 0 Å². The molecule has 0 fully saturated rings. The third kappa shape index (κ3) is 7.04. The molecular formula is C60H41NO. The summed E-state index contributed by atoms with van der Waals surface area (Å²) < 4.78 is 7.01. The Bertz CT molecular complexity index is 3160.